The van der Waals surface area contributed by atoms with Crippen LogP contribution in [0.1, 0.15) is 181 Å². The molecule has 466 valence electrons. The second kappa shape index (κ2) is 24.4. The molecule has 12 nitrogen and oxygen atoms in total. The van der Waals surface area contributed by atoms with Crippen LogP contribution in [0.2, 0.25) is 0 Å². The SMILES string of the molecule is C[C@@H]1CCc2cc3ccc2[C@H]1C[C@@H](S(=O)(=O)O)[C@H]1C=C2C[C@H](C[C@H]4C[C@@H](CO)CC#Cc5cc(O)ccc5[C@@H]2O4)[C@@H]1c1ccc(cc1)[C@](C[C@H](Cc1ccccc1)[C@@]1(O)CCC[C@H](c2ccc([C@@H](O)[C@@H]4CCc5cccc6cccc4c56)cc2)C1)(N=C(N)N)O3. The summed E-state index contributed by atoms with van der Waals surface area (Å²) in [7, 11) is -4.72. The molecule has 4 aliphatic carbocycles. The van der Waals surface area contributed by atoms with Gasteiger partial charge in [0.05, 0.1) is 23.1 Å². The van der Waals surface area contributed by atoms with Gasteiger partial charge in [-0.1, -0.05) is 152 Å². The van der Waals surface area contributed by atoms with Gasteiger partial charge in [-0.3, -0.25) is 4.55 Å². The van der Waals surface area contributed by atoms with Crippen LogP contribution >= 0.6 is 0 Å². The normalized spacial score (nSPS) is 30.1. The first-order valence-electron chi connectivity index (χ1n) is 32.8. The van der Waals surface area contributed by atoms with Crippen LogP contribution in [0.3, 0.4) is 0 Å². The molecular formula is C77H83N3O9S. The monoisotopic (exact) mass is 1230 g/mol. The number of hydrogen-bond acceptors (Lipinski definition) is 9. The smallest absolute Gasteiger partial charge is 0.268 e. The number of nitrogens with two attached hydrogens (primary N) is 2. The lowest BCUT2D eigenvalue weighted by molar-refractivity contribution is -0.0834. The number of aliphatic imine (C=N–C) groups is 1. The Morgan fingerprint density at radius 2 is 1.58 bits per heavy atom. The predicted octanol–water partition coefficient (Wildman–Crippen LogP) is 13.4. The van der Waals surface area contributed by atoms with Gasteiger partial charge in [0.25, 0.3) is 10.1 Å². The number of phenolic OH excluding ortho intramolecular Hbond substituents is 1. The first kappa shape index (κ1) is 60.3. The molecule has 13 heteroatoms. The van der Waals surface area contributed by atoms with Gasteiger partial charge in [-0.05, 0) is 210 Å². The third kappa shape index (κ3) is 11.7. The lowest BCUT2D eigenvalue weighted by atomic mass is 9.64. The van der Waals surface area contributed by atoms with Gasteiger partial charge in [-0.2, -0.15) is 8.42 Å². The van der Waals surface area contributed by atoms with Crippen molar-refractivity contribution in [2.24, 2.45) is 46.0 Å². The topological polar surface area (TPSA) is 218 Å². The Labute approximate surface area is 529 Å². The van der Waals surface area contributed by atoms with E-state index >= 15 is 0 Å². The molecule has 0 radical (unpaired) electrons. The minimum Gasteiger partial charge on any atom is -0.508 e. The highest BCUT2D eigenvalue weighted by atomic mass is 32.2. The van der Waals surface area contributed by atoms with E-state index in [1.165, 1.54) is 21.9 Å². The van der Waals surface area contributed by atoms with E-state index in [0.29, 0.717) is 61.8 Å². The van der Waals surface area contributed by atoms with Gasteiger partial charge in [0.15, 0.2) is 5.96 Å². The Morgan fingerprint density at radius 1 is 0.811 bits per heavy atom. The highest BCUT2D eigenvalue weighted by Crippen LogP contribution is 2.56. The lowest BCUT2D eigenvalue weighted by Gasteiger charge is -2.46. The third-order valence-electron chi connectivity index (χ3n) is 22.2. The fourth-order valence-electron chi connectivity index (χ4n) is 17.8. The van der Waals surface area contributed by atoms with Gasteiger partial charge in [0.2, 0.25) is 5.72 Å². The second-order valence-corrected chi connectivity index (χ2v) is 29.3. The Hall–Kier alpha value is -7.28. The summed E-state index contributed by atoms with van der Waals surface area (Å²) in [4.78, 5) is 5.20. The number of aliphatic hydroxyl groups excluding tert-OH is 2. The van der Waals surface area contributed by atoms with Crippen LogP contribution < -0.4 is 16.2 Å². The summed E-state index contributed by atoms with van der Waals surface area (Å²) in [5.41, 5.74) is 22.0. The van der Waals surface area contributed by atoms with Gasteiger partial charge in [-0.25, -0.2) is 4.99 Å². The van der Waals surface area contributed by atoms with E-state index in [0.717, 1.165) is 83.0 Å². The van der Waals surface area contributed by atoms with Crippen molar-refractivity contribution in [1.82, 2.24) is 0 Å². The molecule has 0 spiro atoms. The molecule has 0 aromatic heterocycles. The van der Waals surface area contributed by atoms with Crippen LogP contribution in [0.25, 0.3) is 10.8 Å². The van der Waals surface area contributed by atoms with E-state index in [2.05, 4.69) is 122 Å². The maximum atomic E-state index is 14.5. The van der Waals surface area contributed by atoms with Crippen LogP contribution in [0, 0.1) is 41.4 Å². The molecule has 7 aromatic rings. The average Bonchev–Trinajstić information content (AvgIpc) is 1.34. The highest BCUT2D eigenvalue weighted by Gasteiger charge is 2.51. The molecule has 90 heavy (non-hydrogen) atoms. The summed E-state index contributed by atoms with van der Waals surface area (Å²) in [6, 6.07) is 51.0. The number of guanidine groups is 1. The summed E-state index contributed by atoms with van der Waals surface area (Å²) in [6.07, 6.45) is 9.37. The fraction of sp³-hybridized carbons (Fsp3) is 0.416. The van der Waals surface area contributed by atoms with Crippen LogP contribution in [0.5, 0.6) is 11.5 Å². The molecule has 5 aliphatic heterocycles. The minimum atomic E-state index is -4.72. The zero-order chi connectivity index (χ0) is 62.1. The van der Waals surface area contributed by atoms with Gasteiger partial charge in [0.1, 0.15) is 17.6 Å². The zero-order valence-electron chi connectivity index (χ0n) is 51.2. The van der Waals surface area contributed by atoms with Crippen molar-refractivity contribution in [3.8, 4) is 23.3 Å². The van der Waals surface area contributed by atoms with E-state index in [-0.39, 0.29) is 72.8 Å². The molecule has 0 unspecified atom stereocenters. The molecule has 16 rings (SSSR count). The molecule has 0 amide bonds. The first-order valence-corrected chi connectivity index (χ1v) is 34.3. The molecule has 10 bridgehead atoms. The molecule has 9 N–H and O–H groups in total. The van der Waals surface area contributed by atoms with Crippen molar-refractivity contribution in [1.29, 1.82) is 0 Å². The fourth-order valence-corrected chi connectivity index (χ4v) is 18.9. The summed E-state index contributed by atoms with van der Waals surface area (Å²) in [6.45, 7) is 2.09. The predicted molar refractivity (Wildman–Crippen MR) is 351 cm³/mol. The number of hydrogen-bond donors (Lipinski definition) is 7. The average molecular weight is 1230 g/mol. The molecule has 1 saturated heterocycles. The summed E-state index contributed by atoms with van der Waals surface area (Å²) in [5, 5.41) is 48.7. The molecule has 5 heterocycles. The number of benzene rings is 7. The number of aromatic hydroxyl groups is 1. The van der Waals surface area contributed by atoms with Crippen molar-refractivity contribution in [2.75, 3.05) is 6.61 Å². The largest absolute Gasteiger partial charge is 0.508 e. The molecule has 1 saturated carbocycles. The van der Waals surface area contributed by atoms with Crippen molar-refractivity contribution < 1.29 is 42.9 Å². The van der Waals surface area contributed by atoms with Crippen molar-refractivity contribution >= 4 is 26.9 Å². The van der Waals surface area contributed by atoms with E-state index in [4.69, 9.17) is 25.9 Å². The number of ether oxygens (including phenoxy) is 2. The maximum Gasteiger partial charge on any atom is 0.268 e. The standard InChI is InChI=1S/C77H83N3O9S/c1-46-18-19-55-39-62-30-33-64(55)68(46)42-70(90(85,86)87)69-41-58-37-57(40-63-36-48(45-81)11-5-15-54-38-61(82)29-32-65(54)74(58)88-63)72(69)52-24-27-59(28-25-52)77(89-62,80-75(78)79)44-60(35-47-9-3-2-4-10-47)76(84)34-8-16-56(43-76)49-20-22-53(23-21-49)73(83)67-31-26-51-13-6-12-50-14-7-17-66(67)71(50)51/h2-4,6-7,9-10,12-14,17,20-25,27-30,32-33,38-39,41,46,48,56-57,60,63,67-70,72-74,81-84H,8,11,16,18-19,26,31,34-37,40,42-45H2,1H3,(H4,78,79,80)(H,85,86,87)/t46-,48+,56+,57-,60+,63-,67-,68+,69-,70-,72+,73-,74-,76-,77-/m1/s1. The van der Waals surface area contributed by atoms with Gasteiger partial charge < -0.3 is 41.4 Å². The molecule has 15 atom stereocenters. The Balaban J connectivity index is 0.863. The number of aryl methyl sites for hydroxylation is 2. The molecular weight excluding hydrogens is 1140 g/mol. The highest BCUT2D eigenvalue weighted by molar-refractivity contribution is 7.86. The van der Waals surface area contributed by atoms with Crippen LogP contribution in [0.15, 0.2) is 168 Å². The van der Waals surface area contributed by atoms with Crippen LogP contribution in [0.4, 0.5) is 0 Å². The lowest BCUT2D eigenvalue weighted by Crippen LogP contribution is -2.48. The second-order valence-electron chi connectivity index (χ2n) is 27.7. The Bertz CT molecular complexity index is 4060. The quantitative estimate of drug-likeness (QED) is 0.0212. The van der Waals surface area contributed by atoms with Crippen LogP contribution in [-0.2, 0) is 39.8 Å². The van der Waals surface area contributed by atoms with E-state index < -0.39 is 56.7 Å². The van der Waals surface area contributed by atoms with Gasteiger partial charge >= 0.3 is 0 Å². The Morgan fingerprint density at radius 3 is 2.36 bits per heavy atom. The van der Waals surface area contributed by atoms with E-state index in [1.54, 1.807) is 12.1 Å². The Kier molecular flexibility index (Phi) is 16.3. The van der Waals surface area contributed by atoms with E-state index in [9.17, 15) is 33.4 Å². The molecule has 2 fully saturated rings. The van der Waals surface area contributed by atoms with Crippen molar-refractivity contribution in [2.45, 2.75) is 162 Å². The third-order valence-corrected chi connectivity index (χ3v) is 23.5. The number of nitrogens with zero attached hydrogens (tertiary/aromatic N) is 1. The number of allylic oxidation sites excluding steroid dienone is 1. The summed E-state index contributed by atoms with van der Waals surface area (Å²) < 4.78 is 55.6. The van der Waals surface area contributed by atoms with Crippen molar-refractivity contribution in [3.05, 3.63) is 225 Å². The number of fused-ring (bicyclic) bond motifs is 9. The minimum absolute atomic E-state index is 0.0128. The maximum absolute atomic E-state index is 14.5. The first-order chi connectivity index (χ1) is 43.5. The van der Waals surface area contributed by atoms with Crippen LogP contribution in [-0.4, -0.2) is 62.9 Å². The molecule has 7 aromatic carbocycles. The molecule has 9 aliphatic rings. The zero-order valence-corrected chi connectivity index (χ0v) is 52.0. The van der Waals surface area contributed by atoms with E-state index in [1.807, 2.05) is 42.5 Å². The van der Waals surface area contributed by atoms with Gasteiger partial charge in [0, 0.05) is 48.0 Å². The number of aliphatic hydroxyl groups is 3. The van der Waals surface area contributed by atoms with Gasteiger partial charge in [-0.15, -0.1) is 0 Å². The summed E-state index contributed by atoms with van der Waals surface area (Å²) in [5.74, 6) is 4.90. The number of rotatable bonds is 11. The summed E-state index contributed by atoms with van der Waals surface area (Å²) >= 11 is 0. The van der Waals surface area contributed by atoms with Crippen molar-refractivity contribution in [3.63, 3.8) is 0 Å². The number of phenols is 1.